The number of rotatable bonds is 6. The highest BCUT2D eigenvalue weighted by Gasteiger charge is 2.06. The van der Waals surface area contributed by atoms with E-state index in [1.165, 1.54) is 6.08 Å². The molecule has 0 saturated heterocycles. The molecule has 1 aromatic carbocycles. The number of carbonyl (C=O) groups is 1. The molecule has 4 heteroatoms. The fraction of sp³-hybridized carbons (Fsp3) is 0.133. The SMILES string of the molecule is C=CCN(CC=C)C(=O)C=Cc1ccc(Cl)c(Cl)c1. The standard InChI is InChI=1S/C15H15Cl2NO/c1-3-9-18(10-4-2)15(19)8-6-12-5-7-13(16)14(17)11-12/h3-8,11H,1-2,9-10H2. The Morgan fingerprint density at radius 3 is 2.32 bits per heavy atom. The van der Waals surface area contributed by atoms with Gasteiger partial charge in [-0.1, -0.05) is 41.4 Å². The molecule has 0 unspecified atom stereocenters. The number of hydrogen-bond acceptors (Lipinski definition) is 1. The van der Waals surface area contributed by atoms with Crippen molar-refractivity contribution in [3.63, 3.8) is 0 Å². The van der Waals surface area contributed by atoms with Crippen molar-refractivity contribution >= 4 is 35.2 Å². The average Bonchev–Trinajstić information content (AvgIpc) is 2.39. The van der Waals surface area contributed by atoms with Crippen LogP contribution in [0.15, 0.2) is 49.6 Å². The van der Waals surface area contributed by atoms with Gasteiger partial charge >= 0.3 is 0 Å². The van der Waals surface area contributed by atoms with Gasteiger partial charge in [-0.2, -0.15) is 0 Å². The highest BCUT2D eigenvalue weighted by atomic mass is 35.5. The minimum atomic E-state index is -0.106. The second kappa shape index (κ2) is 7.82. The normalized spacial score (nSPS) is 10.4. The lowest BCUT2D eigenvalue weighted by Crippen LogP contribution is -2.29. The molecule has 0 aliphatic rings. The van der Waals surface area contributed by atoms with Crippen molar-refractivity contribution in [1.29, 1.82) is 0 Å². The summed E-state index contributed by atoms with van der Waals surface area (Å²) in [6.45, 7) is 8.21. The van der Waals surface area contributed by atoms with Gasteiger partial charge in [0.05, 0.1) is 10.0 Å². The molecule has 2 nitrogen and oxygen atoms in total. The van der Waals surface area contributed by atoms with Crippen molar-refractivity contribution < 1.29 is 4.79 Å². The van der Waals surface area contributed by atoms with Crippen LogP contribution in [0.4, 0.5) is 0 Å². The maximum absolute atomic E-state index is 11.9. The largest absolute Gasteiger partial charge is 0.332 e. The molecule has 0 saturated carbocycles. The van der Waals surface area contributed by atoms with Gasteiger partial charge in [0.2, 0.25) is 5.91 Å². The van der Waals surface area contributed by atoms with Crippen LogP contribution in [0.2, 0.25) is 10.0 Å². The summed E-state index contributed by atoms with van der Waals surface area (Å²) in [5.74, 6) is -0.106. The van der Waals surface area contributed by atoms with Crippen LogP contribution in [-0.2, 0) is 4.79 Å². The molecule has 0 bridgehead atoms. The van der Waals surface area contributed by atoms with Gasteiger partial charge in [0.1, 0.15) is 0 Å². The summed E-state index contributed by atoms with van der Waals surface area (Å²) < 4.78 is 0. The van der Waals surface area contributed by atoms with E-state index in [1.807, 2.05) is 0 Å². The summed E-state index contributed by atoms with van der Waals surface area (Å²) in [4.78, 5) is 13.6. The lowest BCUT2D eigenvalue weighted by atomic mass is 10.2. The quantitative estimate of drug-likeness (QED) is 0.569. The lowest BCUT2D eigenvalue weighted by molar-refractivity contribution is -0.124. The Morgan fingerprint density at radius 1 is 1.16 bits per heavy atom. The average molecular weight is 296 g/mol. The number of halogens is 2. The van der Waals surface area contributed by atoms with E-state index in [-0.39, 0.29) is 5.91 Å². The van der Waals surface area contributed by atoms with Crippen molar-refractivity contribution in [3.05, 3.63) is 65.2 Å². The molecule has 1 amide bonds. The Kier molecular flexibility index (Phi) is 6.40. The second-order valence-corrected chi connectivity index (χ2v) is 4.64. The van der Waals surface area contributed by atoms with Gasteiger partial charge < -0.3 is 4.90 Å². The summed E-state index contributed by atoms with van der Waals surface area (Å²) in [5, 5.41) is 0.954. The van der Waals surface area contributed by atoms with Crippen molar-refractivity contribution in [1.82, 2.24) is 4.90 Å². The first kappa shape index (κ1) is 15.5. The van der Waals surface area contributed by atoms with Gasteiger partial charge in [-0.15, -0.1) is 13.2 Å². The van der Waals surface area contributed by atoms with E-state index < -0.39 is 0 Å². The number of carbonyl (C=O) groups excluding carboxylic acids is 1. The van der Waals surface area contributed by atoms with Crippen LogP contribution in [0, 0.1) is 0 Å². The summed E-state index contributed by atoms with van der Waals surface area (Å²) >= 11 is 11.7. The fourth-order valence-corrected chi connectivity index (χ4v) is 1.76. The van der Waals surface area contributed by atoms with E-state index in [9.17, 15) is 4.79 Å². The van der Waals surface area contributed by atoms with Crippen LogP contribution in [0.1, 0.15) is 5.56 Å². The Bertz CT molecular complexity index is 499. The Labute approximate surface area is 123 Å². The summed E-state index contributed by atoms with van der Waals surface area (Å²) in [6, 6.07) is 5.20. The van der Waals surface area contributed by atoms with E-state index in [1.54, 1.807) is 41.3 Å². The molecular weight excluding hydrogens is 281 g/mol. The van der Waals surface area contributed by atoms with E-state index >= 15 is 0 Å². The number of nitrogens with zero attached hydrogens (tertiary/aromatic N) is 1. The molecule has 100 valence electrons. The van der Waals surface area contributed by atoms with Crippen LogP contribution in [0.25, 0.3) is 6.08 Å². The highest BCUT2D eigenvalue weighted by molar-refractivity contribution is 6.42. The molecule has 0 heterocycles. The third-order valence-corrected chi connectivity index (χ3v) is 3.11. The number of hydrogen-bond donors (Lipinski definition) is 0. The second-order valence-electron chi connectivity index (χ2n) is 3.83. The first-order valence-electron chi connectivity index (χ1n) is 5.72. The van der Waals surface area contributed by atoms with Crippen LogP contribution < -0.4 is 0 Å². The van der Waals surface area contributed by atoms with Gasteiger partial charge in [-0.05, 0) is 23.8 Å². The molecular formula is C15H15Cl2NO. The minimum Gasteiger partial charge on any atom is -0.332 e. The summed E-state index contributed by atoms with van der Waals surface area (Å²) in [7, 11) is 0. The molecule has 0 N–H and O–H groups in total. The number of benzene rings is 1. The molecule has 0 atom stereocenters. The zero-order chi connectivity index (χ0) is 14.3. The minimum absolute atomic E-state index is 0.106. The zero-order valence-corrected chi connectivity index (χ0v) is 12.0. The maximum atomic E-state index is 11.9. The van der Waals surface area contributed by atoms with Gasteiger partial charge in [0.15, 0.2) is 0 Å². The van der Waals surface area contributed by atoms with Crippen molar-refractivity contribution in [2.75, 3.05) is 13.1 Å². The Morgan fingerprint density at radius 2 is 1.79 bits per heavy atom. The van der Waals surface area contributed by atoms with Gasteiger partial charge in [0.25, 0.3) is 0 Å². The zero-order valence-electron chi connectivity index (χ0n) is 10.5. The molecule has 1 aromatic rings. The third kappa shape index (κ3) is 4.93. The van der Waals surface area contributed by atoms with Gasteiger partial charge in [0, 0.05) is 19.2 Å². The van der Waals surface area contributed by atoms with E-state index in [2.05, 4.69) is 13.2 Å². The molecule has 0 fully saturated rings. The van der Waals surface area contributed by atoms with Crippen LogP contribution in [0.5, 0.6) is 0 Å². The van der Waals surface area contributed by atoms with Crippen LogP contribution in [0.3, 0.4) is 0 Å². The topological polar surface area (TPSA) is 20.3 Å². The first-order valence-corrected chi connectivity index (χ1v) is 6.48. The lowest BCUT2D eigenvalue weighted by Gasteiger charge is -2.16. The molecule has 1 rings (SSSR count). The molecule has 19 heavy (non-hydrogen) atoms. The summed E-state index contributed by atoms with van der Waals surface area (Å²) in [6.07, 6.45) is 6.54. The molecule has 0 aromatic heterocycles. The third-order valence-electron chi connectivity index (χ3n) is 2.37. The van der Waals surface area contributed by atoms with Gasteiger partial charge in [-0.25, -0.2) is 0 Å². The number of amides is 1. The van der Waals surface area contributed by atoms with E-state index in [0.29, 0.717) is 23.1 Å². The van der Waals surface area contributed by atoms with E-state index in [0.717, 1.165) is 5.56 Å². The first-order chi connectivity index (χ1) is 9.08. The Balaban J connectivity index is 2.78. The molecule has 0 aliphatic heterocycles. The molecule has 0 aliphatic carbocycles. The predicted octanol–water partition coefficient (Wildman–Crippen LogP) is 4.21. The van der Waals surface area contributed by atoms with Gasteiger partial charge in [-0.3, -0.25) is 4.79 Å². The van der Waals surface area contributed by atoms with Crippen molar-refractivity contribution in [2.45, 2.75) is 0 Å². The Hall–Kier alpha value is -1.51. The van der Waals surface area contributed by atoms with Crippen molar-refractivity contribution in [2.24, 2.45) is 0 Å². The smallest absolute Gasteiger partial charge is 0.247 e. The molecule has 0 radical (unpaired) electrons. The van der Waals surface area contributed by atoms with Crippen LogP contribution in [-0.4, -0.2) is 23.9 Å². The fourth-order valence-electron chi connectivity index (χ4n) is 1.46. The highest BCUT2D eigenvalue weighted by Crippen LogP contribution is 2.23. The molecule has 0 spiro atoms. The summed E-state index contributed by atoms with van der Waals surface area (Å²) in [5.41, 5.74) is 0.819. The predicted molar refractivity (Wildman–Crippen MR) is 82.5 cm³/mol. The van der Waals surface area contributed by atoms with E-state index in [4.69, 9.17) is 23.2 Å². The monoisotopic (exact) mass is 295 g/mol. The maximum Gasteiger partial charge on any atom is 0.247 e. The van der Waals surface area contributed by atoms with Crippen molar-refractivity contribution in [3.8, 4) is 0 Å². The van der Waals surface area contributed by atoms with Crippen LogP contribution >= 0.6 is 23.2 Å².